The van der Waals surface area contributed by atoms with E-state index < -0.39 is 22.0 Å². The quantitative estimate of drug-likeness (QED) is 0.229. The predicted molar refractivity (Wildman–Crippen MR) is 134 cm³/mol. The van der Waals surface area contributed by atoms with Gasteiger partial charge in [-0.1, -0.05) is 53.5 Å². The van der Waals surface area contributed by atoms with Crippen LogP contribution in [-0.2, 0) is 14.8 Å². The van der Waals surface area contributed by atoms with Gasteiger partial charge in [0.25, 0.3) is 10.0 Å². The SMILES string of the molecule is O=C(O)/C(=C/c1c(C(=O)O)[nH]c2cc(Cl)cc(Cl)c12)c1cccc(NS(=O)(=O)c2ccccc2)c1. The lowest BCUT2D eigenvalue weighted by atomic mass is 10.0. The Kier molecular flexibility index (Phi) is 6.58. The summed E-state index contributed by atoms with van der Waals surface area (Å²) >= 11 is 12.3. The molecule has 0 fully saturated rings. The third kappa shape index (κ3) is 5.02. The molecule has 0 spiro atoms. The Hall–Kier alpha value is -3.79. The zero-order valence-electron chi connectivity index (χ0n) is 17.6. The van der Waals surface area contributed by atoms with Gasteiger partial charge in [0.05, 0.1) is 15.5 Å². The molecule has 0 radical (unpaired) electrons. The highest BCUT2D eigenvalue weighted by Gasteiger charge is 2.22. The van der Waals surface area contributed by atoms with Gasteiger partial charge in [-0.3, -0.25) is 4.72 Å². The fourth-order valence-electron chi connectivity index (χ4n) is 3.56. The minimum atomic E-state index is -3.91. The van der Waals surface area contributed by atoms with Crippen LogP contribution in [0.3, 0.4) is 0 Å². The Morgan fingerprint density at radius 1 is 0.943 bits per heavy atom. The van der Waals surface area contributed by atoms with E-state index >= 15 is 0 Å². The number of anilines is 1. The number of fused-ring (bicyclic) bond motifs is 1. The van der Waals surface area contributed by atoms with Crippen LogP contribution < -0.4 is 4.72 Å². The first-order valence-corrected chi connectivity index (χ1v) is 12.2. The van der Waals surface area contributed by atoms with Crippen LogP contribution in [0.2, 0.25) is 10.0 Å². The van der Waals surface area contributed by atoms with E-state index in [9.17, 15) is 28.2 Å². The molecule has 4 aromatic rings. The number of H-pyrrole nitrogens is 1. The fraction of sp³-hybridized carbons (Fsp3) is 0. The summed E-state index contributed by atoms with van der Waals surface area (Å²) in [4.78, 5) is 26.8. The lowest BCUT2D eigenvalue weighted by Gasteiger charge is -2.10. The van der Waals surface area contributed by atoms with E-state index in [0.29, 0.717) is 5.52 Å². The molecule has 0 saturated heterocycles. The van der Waals surface area contributed by atoms with Gasteiger partial charge in [0, 0.05) is 27.2 Å². The summed E-state index contributed by atoms with van der Waals surface area (Å²) in [5.41, 5.74) is 0.0772. The third-order valence-corrected chi connectivity index (χ3v) is 6.98. The maximum Gasteiger partial charge on any atom is 0.352 e. The van der Waals surface area contributed by atoms with Crippen molar-refractivity contribution in [2.75, 3.05) is 4.72 Å². The molecule has 8 nitrogen and oxygen atoms in total. The zero-order chi connectivity index (χ0) is 25.3. The van der Waals surface area contributed by atoms with Crippen LogP contribution in [0.4, 0.5) is 5.69 Å². The van der Waals surface area contributed by atoms with E-state index in [4.69, 9.17) is 23.2 Å². The van der Waals surface area contributed by atoms with E-state index in [0.717, 1.165) is 0 Å². The zero-order valence-corrected chi connectivity index (χ0v) is 19.9. The summed E-state index contributed by atoms with van der Waals surface area (Å²) in [6, 6.07) is 16.3. The summed E-state index contributed by atoms with van der Waals surface area (Å²) in [5.74, 6) is -2.68. The molecule has 0 atom stereocenters. The van der Waals surface area contributed by atoms with Crippen molar-refractivity contribution >= 4 is 73.4 Å². The van der Waals surface area contributed by atoms with Crippen molar-refractivity contribution < 1.29 is 28.2 Å². The first-order chi connectivity index (χ1) is 16.6. The summed E-state index contributed by atoms with van der Waals surface area (Å²) in [7, 11) is -3.91. The van der Waals surface area contributed by atoms with E-state index in [-0.39, 0.29) is 48.4 Å². The van der Waals surface area contributed by atoms with Crippen molar-refractivity contribution in [3.8, 4) is 0 Å². The molecule has 0 aliphatic rings. The molecule has 1 heterocycles. The molecular formula is C24H16Cl2N2O6S. The summed E-state index contributed by atoms with van der Waals surface area (Å²) in [5, 5.41) is 20.3. The van der Waals surface area contributed by atoms with Crippen LogP contribution in [0, 0.1) is 0 Å². The number of halogens is 2. The molecule has 1 aromatic heterocycles. The third-order valence-electron chi connectivity index (χ3n) is 5.07. The molecular weight excluding hydrogens is 515 g/mol. The van der Waals surface area contributed by atoms with Crippen LogP contribution in [-0.4, -0.2) is 35.6 Å². The van der Waals surface area contributed by atoms with Gasteiger partial charge in [-0.25, -0.2) is 18.0 Å². The number of carboxylic acid groups (broad SMARTS) is 2. The number of hydrogen-bond donors (Lipinski definition) is 4. The number of benzene rings is 3. The molecule has 0 aliphatic carbocycles. The number of aromatic nitrogens is 1. The van der Waals surface area contributed by atoms with Crippen molar-refractivity contribution in [2.45, 2.75) is 4.90 Å². The highest BCUT2D eigenvalue weighted by Crippen LogP contribution is 2.35. The summed E-state index contributed by atoms with van der Waals surface area (Å²) < 4.78 is 27.8. The molecule has 0 amide bonds. The first kappa shape index (κ1) is 24.3. The molecule has 4 rings (SSSR count). The van der Waals surface area contributed by atoms with Crippen LogP contribution in [0.5, 0.6) is 0 Å². The normalized spacial score (nSPS) is 12.0. The van der Waals surface area contributed by atoms with Crippen molar-refractivity contribution in [3.05, 3.63) is 93.6 Å². The van der Waals surface area contributed by atoms with Gasteiger partial charge in [0.1, 0.15) is 5.69 Å². The highest BCUT2D eigenvalue weighted by atomic mass is 35.5. The Morgan fingerprint density at radius 2 is 1.66 bits per heavy atom. The summed E-state index contributed by atoms with van der Waals surface area (Å²) in [6.45, 7) is 0. The molecule has 0 bridgehead atoms. The number of hydrogen-bond acceptors (Lipinski definition) is 4. The first-order valence-electron chi connectivity index (χ1n) is 9.94. The van der Waals surface area contributed by atoms with Crippen molar-refractivity contribution in [3.63, 3.8) is 0 Å². The van der Waals surface area contributed by atoms with Gasteiger partial charge in [-0.2, -0.15) is 0 Å². The number of aromatic amines is 1. The number of carbonyl (C=O) groups is 2. The lowest BCUT2D eigenvalue weighted by Crippen LogP contribution is -2.13. The molecule has 178 valence electrons. The number of carboxylic acids is 2. The lowest BCUT2D eigenvalue weighted by molar-refractivity contribution is -0.130. The standard InChI is InChI=1S/C24H16Cl2N2O6S/c25-14-10-19(26)21-18(22(24(31)32)27-20(21)11-14)12-17(23(29)30)13-5-4-6-15(9-13)28-35(33,34)16-7-2-1-3-8-16/h1-12,27-28H,(H,29,30)(H,31,32)/b17-12+. The second kappa shape index (κ2) is 9.46. The van der Waals surface area contributed by atoms with Crippen molar-refractivity contribution in [1.82, 2.24) is 4.98 Å². The number of rotatable bonds is 7. The van der Waals surface area contributed by atoms with Gasteiger partial charge in [-0.05, 0) is 48.0 Å². The second-order valence-corrected chi connectivity index (χ2v) is 9.92. The number of sulfonamides is 1. The second-order valence-electron chi connectivity index (χ2n) is 7.39. The van der Waals surface area contributed by atoms with E-state index in [1.54, 1.807) is 18.2 Å². The summed E-state index contributed by atoms with van der Waals surface area (Å²) in [6.07, 6.45) is 1.18. The molecule has 35 heavy (non-hydrogen) atoms. The average molecular weight is 531 g/mol. The molecule has 0 aliphatic heterocycles. The van der Waals surface area contributed by atoms with Gasteiger partial charge < -0.3 is 15.2 Å². The number of nitrogens with one attached hydrogen (secondary N) is 2. The molecule has 3 aromatic carbocycles. The molecule has 4 N–H and O–H groups in total. The van der Waals surface area contributed by atoms with Gasteiger partial charge in [0.15, 0.2) is 0 Å². The fourth-order valence-corrected chi connectivity index (χ4v) is 5.23. The Balaban J connectivity index is 1.83. The van der Waals surface area contributed by atoms with E-state index in [1.807, 2.05) is 0 Å². The van der Waals surface area contributed by atoms with Crippen LogP contribution in [0.15, 0.2) is 71.6 Å². The van der Waals surface area contributed by atoms with E-state index in [1.165, 1.54) is 54.6 Å². The van der Waals surface area contributed by atoms with Crippen LogP contribution in [0.25, 0.3) is 22.6 Å². The minimum absolute atomic E-state index is 0.0394. The minimum Gasteiger partial charge on any atom is -0.478 e. The molecule has 0 unspecified atom stereocenters. The predicted octanol–water partition coefficient (Wildman–Crippen LogP) is 5.60. The largest absolute Gasteiger partial charge is 0.478 e. The van der Waals surface area contributed by atoms with Gasteiger partial charge >= 0.3 is 11.9 Å². The van der Waals surface area contributed by atoms with Crippen molar-refractivity contribution in [1.29, 1.82) is 0 Å². The monoisotopic (exact) mass is 530 g/mol. The van der Waals surface area contributed by atoms with Crippen LogP contribution >= 0.6 is 23.2 Å². The maximum absolute atomic E-state index is 12.7. The van der Waals surface area contributed by atoms with Gasteiger partial charge in [0.2, 0.25) is 0 Å². The topological polar surface area (TPSA) is 137 Å². The highest BCUT2D eigenvalue weighted by molar-refractivity contribution is 7.92. The van der Waals surface area contributed by atoms with E-state index in [2.05, 4.69) is 9.71 Å². The Labute approximate surface area is 209 Å². The number of aromatic carboxylic acids is 1. The number of aliphatic carboxylic acids is 1. The Bertz CT molecular complexity index is 1610. The smallest absolute Gasteiger partial charge is 0.352 e. The van der Waals surface area contributed by atoms with Crippen molar-refractivity contribution in [2.24, 2.45) is 0 Å². The maximum atomic E-state index is 12.7. The molecule has 0 saturated carbocycles. The Morgan fingerprint density at radius 3 is 2.31 bits per heavy atom. The molecule has 11 heteroatoms. The average Bonchev–Trinajstić information content (AvgIpc) is 3.16. The van der Waals surface area contributed by atoms with Gasteiger partial charge in [-0.15, -0.1) is 0 Å². The van der Waals surface area contributed by atoms with Crippen LogP contribution in [0.1, 0.15) is 21.6 Å².